The van der Waals surface area contributed by atoms with Crippen LogP contribution < -0.4 is 5.73 Å². The number of hydrogen-bond acceptors (Lipinski definition) is 1. The lowest BCUT2D eigenvalue weighted by molar-refractivity contribution is 0.449. The monoisotopic (exact) mass is 169 g/mol. The first kappa shape index (κ1) is 10.0. The Morgan fingerprint density at radius 1 is 1.33 bits per heavy atom. The van der Waals surface area contributed by atoms with Crippen molar-refractivity contribution in [3.63, 3.8) is 0 Å². The van der Waals surface area contributed by atoms with Crippen molar-refractivity contribution in [3.05, 3.63) is 0 Å². The van der Waals surface area contributed by atoms with Gasteiger partial charge in [-0.1, -0.05) is 45.4 Å². The average molecular weight is 169 g/mol. The zero-order chi connectivity index (χ0) is 8.81. The maximum absolute atomic E-state index is 5.86. The smallest absolute Gasteiger partial charge is 0.00362 e. The van der Waals surface area contributed by atoms with Crippen LogP contribution in [0.25, 0.3) is 0 Å². The molecular weight excluding hydrogens is 146 g/mol. The van der Waals surface area contributed by atoms with Gasteiger partial charge in [-0.2, -0.15) is 0 Å². The third-order valence-electron chi connectivity index (χ3n) is 3.19. The van der Waals surface area contributed by atoms with Crippen LogP contribution in [0.4, 0.5) is 0 Å². The summed E-state index contributed by atoms with van der Waals surface area (Å²) in [6.07, 6.45) is 11.1. The van der Waals surface area contributed by atoms with Gasteiger partial charge >= 0.3 is 0 Å². The van der Waals surface area contributed by atoms with Gasteiger partial charge in [0.05, 0.1) is 0 Å². The van der Waals surface area contributed by atoms with Gasteiger partial charge in [0, 0.05) is 6.04 Å². The van der Waals surface area contributed by atoms with Crippen molar-refractivity contribution in [2.75, 3.05) is 0 Å². The van der Waals surface area contributed by atoms with Gasteiger partial charge in [0.1, 0.15) is 0 Å². The summed E-state index contributed by atoms with van der Waals surface area (Å²) in [4.78, 5) is 0. The first-order chi connectivity index (χ1) is 5.83. The topological polar surface area (TPSA) is 26.0 Å². The maximum Gasteiger partial charge on any atom is 0.00362 e. The quantitative estimate of drug-likeness (QED) is 0.672. The van der Waals surface area contributed by atoms with Crippen LogP contribution in [0.5, 0.6) is 0 Å². The van der Waals surface area contributed by atoms with E-state index in [-0.39, 0.29) is 0 Å². The van der Waals surface area contributed by atoms with Crippen molar-refractivity contribution < 1.29 is 0 Å². The van der Waals surface area contributed by atoms with E-state index in [0.29, 0.717) is 6.04 Å². The van der Waals surface area contributed by atoms with Crippen LogP contribution in [0.15, 0.2) is 0 Å². The van der Waals surface area contributed by atoms with Crippen LogP contribution in [-0.4, -0.2) is 6.04 Å². The first-order valence-corrected chi connectivity index (χ1v) is 5.58. The standard InChI is InChI=1S/C11H23N/c1-2-11(12)9-5-8-10-6-3-4-7-10/h10-11H,2-9,12H2,1H3. The lowest BCUT2D eigenvalue weighted by Crippen LogP contribution is -2.18. The Labute approximate surface area is 76.7 Å². The minimum atomic E-state index is 0.464. The van der Waals surface area contributed by atoms with Gasteiger partial charge in [-0.25, -0.2) is 0 Å². The minimum absolute atomic E-state index is 0.464. The fraction of sp³-hybridized carbons (Fsp3) is 1.00. The van der Waals surface area contributed by atoms with E-state index in [1.807, 2.05) is 0 Å². The highest BCUT2D eigenvalue weighted by Crippen LogP contribution is 2.29. The van der Waals surface area contributed by atoms with E-state index in [1.165, 1.54) is 44.9 Å². The molecule has 0 aromatic heterocycles. The van der Waals surface area contributed by atoms with Crippen LogP contribution in [0.2, 0.25) is 0 Å². The van der Waals surface area contributed by atoms with Crippen LogP contribution in [-0.2, 0) is 0 Å². The second kappa shape index (κ2) is 5.58. The summed E-state index contributed by atoms with van der Waals surface area (Å²) < 4.78 is 0. The Kier molecular flexibility index (Phi) is 4.67. The second-order valence-electron chi connectivity index (χ2n) is 4.25. The first-order valence-electron chi connectivity index (χ1n) is 5.58. The molecule has 0 bridgehead atoms. The van der Waals surface area contributed by atoms with Gasteiger partial charge in [-0.05, 0) is 18.8 Å². The molecule has 1 nitrogen and oxygen atoms in total. The molecule has 1 saturated carbocycles. The van der Waals surface area contributed by atoms with E-state index in [2.05, 4.69) is 6.92 Å². The SMILES string of the molecule is CCC(N)CCCC1CCCC1. The van der Waals surface area contributed by atoms with Gasteiger partial charge in [-0.3, -0.25) is 0 Å². The van der Waals surface area contributed by atoms with E-state index in [9.17, 15) is 0 Å². The maximum atomic E-state index is 5.86. The Morgan fingerprint density at radius 2 is 2.00 bits per heavy atom. The van der Waals surface area contributed by atoms with Crippen molar-refractivity contribution in [2.24, 2.45) is 11.7 Å². The summed E-state index contributed by atoms with van der Waals surface area (Å²) in [5, 5.41) is 0. The third-order valence-corrected chi connectivity index (χ3v) is 3.19. The second-order valence-corrected chi connectivity index (χ2v) is 4.25. The van der Waals surface area contributed by atoms with Crippen LogP contribution in [0.3, 0.4) is 0 Å². The van der Waals surface area contributed by atoms with Gasteiger partial charge in [0.25, 0.3) is 0 Å². The molecule has 0 aliphatic heterocycles. The van der Waals surface area contributed by atoms with E-state index in [0.717, 1.165) is 12.3 Å². The normalized spacial score (nSPS) is 21.5. The van der Waals surface area contributed by atoms with E-state index in [4.69, 9.17) is 5.73 Å². The van der Waals surface area contributed by atoms with Gasteiger partial charge < -0.3 is 5.73 Å². The third kappa shape index (κ3) is 3.57. The number of rotatable bonds is 5. The van der Waals surface area contributed by atoms with E-state index in [1.54, 1.807) is 0 Å². The molecule has 1 rings (SSSR count). The summed E-state index contributed by atoms with van der Waals surface area (Å²) in [7, 11) is 0. The van der Waals surface area contributed by atoms with E-state index < -0.39 is 0 Å². The lowest BCUT2D eigenvalue weighted by atomic mass is 9.98. The summed E-state index contributed by atoms with van der Waals surface area (Å²) >= 11 is 0. The van der Waals surface area contributed by atoms with E-state index >= 15 is 0 Å². The van der Waals surface area contributed by atoms with Gasteiger partial charge in [0.15, 0.2) is 0 Å². The molecule has 1 heteroatoms. The molecule has 0 radical (unpaired) electrons. The lowest BCUT2D eigenvalue weighted by Gasteiger charge is -2.11. The molecule has 12 heavy (non-hydrogen) atoms. The zero-order valence-electron chi connectivity index (χ0n) is 8.39. The molecule has 1 aliphatic rings. The summed E-state index contributed by atoms with van der Waals surface area (Å²) in [6.45, 7) is 2.18. The van der Waals surface area contributed by atoms with Crippen LogP contribution in [0, 0.1) is 5.92 Å². The molecule has 0 saturated heterocycles. The Hall–Kier alpha value is -0.0400. The summed E-state index contributed by atoms with van der Waals surface area (Å²) in [5.74, 6) is 1.05. The largest absolute Gasteiger partial charge is 0.328 e. The molecule has 2 N–H and O–H groups in total. The molecule has 0 aromatic rings. The van der Waals surface area contributed by atoms with Crippen LogP contribution in [0.1, 0.15) is 58.3 Å². The number of nitrogens with two attached hydrogens (primary N) is 1. The fourth-order valence-electron chi connectivity index (χ4n) is 2.17. The Balaban J connectivity index is 1.94. The fourth-order valence-corrected chi connectivity index (χ4v) is 2.17. The van der Waals surface area contributed by atoms with Gasteiger partial charge in [-0.15, -0.1) is 0 Å². The molecule has 72 valence electrons. The predicted molar refractivity (Wildman–Crippen MR) is 54.1 cm³/mol. The highest BCUT2D eigenvalue weighted by atomic mass is 14.6. The molecule has 0 heterocycles. The van der Waals surface area contributed by atoms with Crippen molar-refractivity contribution in [3.8, 4) is 0 Å². The molecule has 0 spiro atoms. The van der Waals surface area contributed by atoms with Gasteiger partial charge in [0.2, 0.25) is 0 Å². The number of hydrogen-bond donors (Lipinski definition) is 1. The molecule has 0 aromatic carbocycles. The van der Waals surface area contributed by atoms with Crippen LogP contribution >= 0.6 is 0 Å². The molecule has 1 atom stereocenters. The highest BCUT2D eigenvalue weighted by molar-refractivity contribution is 4.68. The predicted octanol–water partition coefficient (Wildman–Crippen LogP) is 3.08. The molecule has 0 amide bonds. The molecule has 1 fully saturated rings. The van der Waals surface area contributed by atoms with Crippen molar-refractivity contribution in [1.82, 2.24) is 0 Å². The highest BCUT2D eigenvalue weighted by Gasteiger charge is 2.14. The average Bonchev–Trinajstić information content (AvgIpc) is 2.57. The molecule has 1 unspecified atom stereocenters. The van der Waals surface area contributed by atoms with Crippen molar-refractivity contribution >= 4 is 0 Å². The van der Waals surface area contributed by atoms with Crippen molar-refractivity contribution in [2.45, 2.75) is 64.3 Å². The van der Waals surface area contributed by atoms with Crippen molar-refractivity contribution in [1.29, 1.82) is 0 Å². The molecule has 1 aliphatic carbocycles. The summed E-state index contributed by atoms with van der Waals surface area (Å²) in [5.41, 5.74) is 5.86. The minimum Gasteiger partial charge on any atom is -0.328 e. The summed E-state index contributed by atoms with van der Waals surface area (Å²) in [6, 6.07) is 0.464. The zero-order valence-corrected chi connectivity index (χ0v) is 8.39. The Bertz CT molecular complexity index is 106. The Morgan fingerprint density at radius 3 is 2.58 bits per heavy atom. The molecular formula is C11H23N.